The fourth-order valence-corrected chi connectivity index (χ4v) is 10.7. The van der Waals surface area contributed by atoms with E-state index in [1.807, 2.05) is 0 Å². The van der Waals surface area contributed by atoms with E-state index < -0.39 is 16.6 Å². The molecule has 3 fully saturated rings. The smallest absolute Gasteiger partial charge is 0.192 e. The second-order valence-electron chi connectivity index (χ2n) is 18.7. The van der Waals surface area contributed by atoms with E-state index in [4.69, 9.17) is 15.4 Å². The molecule has 0 spiro atoms. The third-order valence-electron chi connectivity index (χ3n) is 12.9. The minimum absolute atomic E-state index is 0.0493. The van der Waals surface area contributed by atoms with Gasteiger partial charge in [0.25, 0.3) is 0 Å². The van der Waals surface area contributed by atoms with E-state index in [-0.39, 0.29) is 22.3 Å². The van der Waals surface area contributed by atoms with Crippen LogP contribution in [0.2, 0.25) is 36.3 Å². The standard InChI is InChI=1S/C39H72O2Si2/c1-28(2)18-16-19-29(3)34-23-24-35-31(20-17-25-39(34,35)11)21-22-32-26-33(40-42(12,13)37(5,6)7)27-36(30(32)4)41-43(14,15)38(8,9)10/h21-22,28-29,33-36H,4,16-20,23-27H2,1-3,5-15H3/b31-21+,32-22+/t29-,33?,34-,35?,36+,39-/m1/s1. The molecule has 3 rings (SSSR count). The molecule has 2 unspecified atom stereocenters. The van der Waals surface area contributed by atoms with Crippen LogP contribution >= 0.6 is 0 Å². The molecule has 0 saturated heterocycles. The predicted octanol–water partition coefficient (Wildman–Crippen LogP) is 12.6. The largest absolute Gasteiger partial charge is 0.413 e. The number of hydrogen-bond acceptors (Lipinski definition) is 2. The normalized spacial score (nSPS) is 32.1. The van der Waals surface area contributed by atoms with E-state index in [1.165, 1.54) is 62.5 Å². The van der Waals surface area contributed by atoms with Gasteiger partial charge >= 0.3 is 0 Å². The maximum Gasteiger partial charge on any atom is 0.192 e. The highest BCUT2D eigenvalue weighted by Crippen LogP contribution is 2.60. The molecule has 0 amide bonds. The van der Waals surface area contributed by atoms with Crippen molar-refractivity contribution in [3.63, 3.8) is 0 Å². The van der Waals surface area contributed by atoms with Crippen molar-refractivity contribution in [1.82, 2.24) is 0 Å². The highest BCUT2D eigenvalue weighted by Gasteiger charge is 2.50. The molecule has 0 aromatic rings. The van der Waals surface area contributed by atoms with E-state index in [0.29, 0.717) is 5.41 Å². The van der Waals surface area contributed by atoms with Gasteiger partial charge in [-0.3, -0.25) is 0 Å². The van der Waals surface area contributed by atoms with Crippen LogP contribution in [-0.4, -0.2) is 28.8 Å². The average molecular weight is 629 g/mol. The van der Waals surface area contributed by atoms with Crippen LogP contribution in [0.25, 0.3) is 0 Å². The number of hydrogen-bond donors (Lipinski definition) is 0. The molecule has 3 aliphatic rings. The van der Waals surface area contributed by atoms with E-state index in [0.717, 1.165) is 36.5 Å². The van der Waals surface area contributed by atoms with Crippen LogP contribution in [0.4, 0.5) is 0 Å². The Bertz CT molecular complexity index is 1020. The second-order valence-corrected chi connectivity index (χ2v) is 28.2. The van der Waals surface area contributed by atoms with Crippen LogP contribution in [0.1, 0.15) is 133 Å². The zero-order valence-corrected chi connectivity index (χ0v) is 33.2. The predicted molar refractivity (Wildman–Crippen MR) is 195 cm³/mol. The molecule has 0 N–H and O–H groups in total. The van der Waals surface area contributed by atoms with Crippen LogP contribution < -0.4 is 0 Å². The summed E-state index contributed by atoms with van der Waals surface area (Å²) in [5.41, 5.74) is 4.75. The molecule has 0 aromatic heterocycles. The van der Waals surface area contributed by atoms with Gasteiger partial charge in [-0.1, -0.05) is 113 Å². The molecule has 2 nitrogen and oxygen atoms in total. The first-order valence-electron chi connectivity index (χ1n) is 18.0. The van der Waals surface area contributed by atoms with E-state index >= 15 is 0 Å². The molecule has 3 aliphatic carbocycles. The van der Waals surface area contributed by atoms with Gasteiger partial charge in [0.2, 0.25) is 0 Å². The lowest BCUT2D eigenvalue weighted by Gasteiger charge is -2.46. The quantitative estimate of drug-likeness (QED) is 0.224. The summed E-state index contributed by atoms with van der Waals surface area (Å²) in [5, 5.41) is 0.366. The number of fused-ring (bicyclic) bond motifs is 1. The molecule has 0 bridgehead atoms. The van der Waals surface area contributed by atoms with E-state index in [1.54, 1.807) is 5.57 Å². The van der Waals surface area contributed by atoms with Gasteiger partial charge < -0.3 is 8.85 Å². The molecular weight excluding hydrogens is 557 g/mol. The highest BCUT2D eigenvalue weighted by molar-refractivity contribution is 6.74. The van der Waals surface area contributed by atoms with Crippen molar-refractivity contribution in [2.75, 3.05) is 0 Å². The van der Waals surface area contributed by atoms with Crippen LogP contribution in [0.5, 0.6) is 0 Å². The Kier molecular flexibility index (Phi) is 11.8. The van der Waals surface area contributed by atoms with Crippen LogP contribution in [0, 0.1) is 29.1 Å². The Balaban J connectivity index is 1.87. The van der Waals surface area contributed by atoms with Crippen molar-refractivity contribution < 1.29 is 8.85 Å². The van der Waals surface area contributed by atoms with Crippen LogP contribution in [-0.2, 0) is 8.85 Å². The summed E-state index contributed by atoms with van der Waals surface area (Å²) < 4.78 is 14.2. The zero-order chi connectivity index (χ0) is 32.6. The van der Waals surface area contributed by atoms with Crippen LogP contribution in [0.15, 0.2) is 35.5 Å². The topological polar surface area (TPSA) is 18.5 Å². The third-order valence-corrected chi connectivity index (χ3v) is 21.9. The fraction of sp³-hybridized carbons (Fsp3) is 0.846. The zero-order valence-electron chi connectivity index (χ0n) is 31.2. The Morgan fingerprint density at radius 3 is 2.09 bits per heavy atom. The van der Waals surface area contributed by atoms with Gasteiger partial charge in [0, 0.05) is 6.42 Å². The molecule has 6 atom stereocenters. The molecule has 4 heteroatoms. The molecule has 0 heterocycles. The van der Waals surface area contributed by atoms with Crippen LogP contribution in [0.3, 0.4) is 0 Å². The summed E-state index contributed by atoms with van der Waals surface area (Å²) in [5.74, 6) is 3.28. The Morgan fingerprint density at radius 2 is 1.51 bits per heavy atom. The summed E-state index contributed by atoms with van der Waals surface area (Å²) in [6, 6.07) is 0. The van der Waals surface area contributed by atoms with Crippen molar-refractivity contribution in [2.24, 2.45) is 29.1 Å². The number of rotatable bonds is 10. The molecule has 248 valence electrons. The highest BCUT2D eigenvalue weighted by atomic mass is 28.4. The summed E-state index contributed by atoms with van der Waals surface area (Å²) >= 11 is 0. The molecule has 3 saturated carbocycles. The first kappa shape index (κ1) is 37.0. The van der Waals surface area contributed by atoms with Gasteiger partial charge in [-0.25, -0.2) is 0 Å². The molecular formula is C39H72O2Si2. The van der Waals surface area contributed by atoms with Crippen molar-refractivity contribution in [3.8, 4) is 0 Å². The summed E-state index contributed by atoms with van der Waals surface area (Å²) in [7, 11) is -3.86. The lowest BCUT2D eigenvalue weighted by Crippen LogP contribution is -2.49. The maximum atomic E-state index is 7.09. The van der Waals surface area contributed by atoms with Gasteiger partial charge in [0.1, 0.15) is 0 Å². The molecule has 0 aromatic carbocycles. The molecule has 0 radical (unpaired) electrons. The average Bonchev–Trinajstić information content (AvgIpc) is 3.20. The first-order valence-corrected chi connectivity index (χ1v) is 23.8. The Labute approximate surface area is 271 Å². The SMILES string of the molecule is C=C1/C(=C/C=C2\CCC[C@@]3(C)C2CC[C@@H]3[C@H](C)CCCC(C)C)CC(O[Si](C)(C)C(C)(C)C)C[C@@H]1O[Si](C)(C)C(C)(C)C. The maximum absolute atomic E-state index is 7.09. The van der Waals surface area contributed by atoms with E-state index in [9.17, 15) is 0 Å². The minimum Gasteiger partial charge on any atom is -0.413 e. The van der Waals surface area contributed by atoms with Crippen molar-refractivity contribution in [3.05, 3.63) is 35.5 Å². The summed E-state index contributed by atoms with van der Waals surface area (Å²) in [6.07, 6.45) is 18.1. The monoisotopic (exact) mass is 629 g/mol. The fourth-order valence-electron chi connectivity index (χ4n) is 8.03. The van der Waals surface area contributed by atoms with Gasteiger partial charge in [-0.05, 0) is 115 Å². The van der Waals surface area contributed by atoms with Crippen molar-refractivity contribution in [1.29, 1.82) is 0 Å². The Morgan fingerprint density at radius 1 is 0.907 bits per heavy atom. The summed E-state index contributed by atoms with van der Waals surface area (Å²) in [4.78, 5) is 0. The second kappa shape index (κ2) is 13.7. The first-order chi connectivity index (χ1) is 19.6. The van der Waals surface area contributed by atoms with Crippen molar-refractivity contribution in [2.45, 2.75) is 182 Å². The Hall–Kier alpha value is -0.426. The minimum atomic E-state index is -1.95. The van der Waals surface area contributed by atoms with Gasteiger partial charge in [0.05, 0.1) is 12.2 Å². The van der Waals surface area contributed by atoms with E-state index in [2.05, 4.69) is 108 Å². The molecule has 0 aliphatic heterocycles. The third kappa shape index (κ3) is 8.69. The van der Waals surface area contributed by atoms with Crippen molar-refractivity contribution >= 4 is 16.6 Å². The molecule has 43 heavy (non-hydrogen) atoms. The summed E-state index contributed by atoms with van der Waals surface area (Å²) in [6.45, 7) is 38.3. The van der Waals surface area contributed by atoms with Gasteiger partial charge in [-0.15, -0.1) is 0 Å². The lowest BCUT2D eigenvalue weighted by atomic mass is 9.60. The number of allylic oxidation sites excluding steroid dienone is 3. The lowest BCUT2D eigenvalue weighted by molar-refractivity contribution is 0.0927. The van der Waals surface area contributed by atoms with Gasteiger partial charge in [-0.2, -0.15) is 0 Å². The van der Waals surface area contributed by atoms with Gasteiger partial charge in [0.15, 0.2) is 16.6 Å².